The summed E-state index contributed by atoms with van der Waals surface area (Å²) in [6.45, 7) is 4.06. The zero-order valence-electron chi connectivity index (χ0n) is 27.5. The van der Waals surface area contributed by atoms with E-state index in [-0.39, 0.29) is 23.1 Å². The predicted octanol–water partition coefficient (Wildman–Crippen LogP) is 5.85. The minimum absolute atomic E-state index is 0.111. The number of fused-ring (bicyclic) bond motifs is 2. The van der Waals surface area contributed by atoms with E-state index in [0.717, 1.165) is 28.4 Å². The number of para-hydroxylation sites is 1. The Balaban J connectivity index is 1.25. The second-order valence-electron chi connectivity index (χ2n) is 12.4. The van der Waals surface area contributed by atoms with Crippen molar-refractivity contribution < 1.29 is 32.2 Å². The summed E-state index contributed by atoms with van der Waals surface area (Å²) in [5.74, 6) is -0.277. The number of hydrogen-bond acceptors (Lipinski definition) is 8. The van der Waals surface area contributed by atoms with Crippen LogP contribution in [-0.4, -0.2) is 92.8 Å². The van der Waals surface area contributed by atoms with Crippen molar-refractivity contribution in [1.29, 1.82) is 0 Å². The number of alkyl halides is 3. The molecule has 0 saturated carbocycles. The summed E-state index contributed by atoms with van der Waals surface area (Å²) in [6.07, 6.45) is -0.953. The number of piperidine rings is 1. The second kappa shape index (κ2) is 13.3. The van der Waals surface area contributed by atoms with Crippen molar-refractivity contribution in [3.05, 3.63) is 66.4 Å². The number of benzene rings is 2. The van der Waals surface area contributed by atoms with Crippen LogP contribution < -0.4 is 9.47 Å². The largest absolute Gasteiger partial charge is 0.497 e. The number of hydrogen-bond donors (Lipinski definition) is 1. The fourth-order valence-electron chi connectivity index (χ4n) is 7.33. The van der Waals surface area contributed by atoms with Gasteiger partial charge >= 0.3 is 6.18 Å². The Morgan fingerprint density at radius 3 is 2.63 bits per heavy atom. The van der Waals surface area contributed by atoms with Crippen LogP contribution in [-0.2, 0) is 22.3 Å². The van der Waals surface area contributed by atoms with Gasteiger partial charge < -0.3 is 28.7 Å². The van der Waals surface area contributed by atoms with Crippen LogP contribution in [0.25, 0.3) is 33.2 Å². The van der Waals surface area contributed by atoms with Crippen molar-refractivity contribution in [2.45, 2.75) is 57.0 Å². The lowest BCUT2D eigenvalue weighted by atomic mass is 9.93. The van der Waals surface area contributed by atoms with Gasteiger partial charge in [0.25, 0.3) is 0 Å². The molecule has 1 amide bonds. The number of likely N-dealkylation sites (N-methyl/N-ethyl adjacent to an activating group) is 1. The third-order valence-corrected chi connectivity index (χ3v) is 9.69. The molecule has 2 fully saturated rings. The van der Waals surface area contributed by atoms with Gasteiger partial charge in [0.1, 0.15) is 18.1 Å². The first-order chi connectivity index (χ1) is 23.7. The first kappa shape index (κ1) is 32.8. The number of nitrogens with zero attached hydrogens (tertiary/aromatic N) is 6. The van der Waals surface area contributed by atoms with E-state index in [1.165, 1.54) is 19.2 Å². The molecule has 14 heteroatoms. The number of aromatic amines is 1. The van der Waals surface area contributed by atoms with Crippen LogP contribution in [0.5, 0.6) is 11.6 Å². The van der Waals surface area contributed by atoms with Gasteiger partial charge in [0.15, 0.2) is 0 Å². The third kappa shape index (κ3) is 6.30. The first-order valence-electron chi connectivity index (χ1n) is 16.4. The fourth-order valence-corrected chi connectivity index (χ4v) is 7.33. The van der Waals surface area contributed by atoms with Crippen LogP contribution in [0.3, 0.4) is 0 Å². The molecule has 2 aliphatic heterocycles. The quantitative estimate of drug-likeness (QED) is 0.207. The number of nitrogens with one attached hydrogen (secondary N) is 1. The van der Waals surface area contributed by atoms with Crippen LogP contribution in [0.15, 0.2) is 54.7 Å². The second-order valence-corrected chi connectivity index (χ2v) is 12.4. The molecule has 2 aromatic carbocycles. The lowest BCUT2D eigenvalue weighted by Gasteiger charge is -2.44. The maximum atomic E-state index is 14.3. The molecule has 49 heavy (non-hydrogen) atoms. The molecule has 1 N–H and O–H groups in total. The molecular weight excluding hydrogens is 639 g/mol. The zero-order valence-corrected chi connectivity index (χ0v) is 27.5. The Morgan fingerprint density at radius 1 is 1.06 bits per heavy atom. The Labute approximate surface area is 281 Å². The van der Waals surface area contributed by atoms with Gasteiger partial charge in [-0.2, -0.15) is 13.2 Å². The molecule has 0 spiro atoms. The van der Waals surface area contributed by atoms with Gasteiger partial charge in [-0.05, 0) is 50.1 Å². The lowest BCUT2D eigenvalue weighted by Crippen LogP contribution is -2.52. The number of H-pyrrole nitrogens is 1. The van der Waals surface area contributed by atoms with Crippen LogP contribution in [0.4, 0.5) is 13.2 Å². The number of aromatic nitrogens is 5. The van der Waals surface area contributed by atoms with E-state index in [1.807, 2.05) is 30.3 Å². The molecule has 258 valence electrons. The molecule has 11 nitrogen and oxygen atoms in total. The maximum Gasteiger partial charge on any atom is 0.449 e. The van der Waals surface area contributed by atoms with Crippen LogP contribution in [0, 0.1) is 0 Å². The molecular formula is C35H38F3N7O4. The van der Waals surface area contributed by atoms with Crippen LogP contribution >= 0.6 is 0 Å². The number of likely N-dealkylation sites (tertiary alicyclic amines) is 1. The molecule has 0 radical (unpaired) electrons. The number of ether oxygens (including phenoxy) is 3. The van der Waals surface area contributed by atoms with Gasteiger partial charge in [-0.15, -0.1) is 0 Å². The molecule has 7 rings (SSSR count). The average Bonchev–Trinajstić information content (AvgIpc) is 3.89. The monoisotopic (exact) mass is 677 g/mol. The molecule has 2 saturated heterocycles. The van der Waals surface area contributed by atoms with Gasteiger partial charge in [0.05, 0.1) is 60.9 Å². The summed E-state index contributed by atoms with van der Waals surface area (Å²) in [7, 11) is 2.99. The number of imidazole rings is 2. The molecule has 2 aliphatic rings. The van der Waals surface area contributed by atoms with Crippen LogP contribution in [0.1, 0.15) is 43.9 Å². The van der Waals surface area contributed by atoms with E-state index in [4.69, 9.17) is 19.2 Å². The van der Waals surface area contributed by atoms with E-state index >= 15 is 0 Å². The van der Waals surface area contributed by atoms with Crippen molar-refractivity contribution in [2.75, 3.05) is 40.5 Å². The van der Waals surface area contributed by atoms with Gasteiger partial charge in [-0.1, -0.05) is 25.1 Å². The molecule has 0 aliphatic carbocycles. The number of methoxy groups -OCH3 is 2. The highest BCUT2D eigenvalue weighted by Gasteiger charge is 2.41. The Morgan fingerprint density at radius 2 is 1.90 bits per heavy atom. The molecule has 1 unspecified atom stereocenters. The number of halogens is 3. The summed E-state index contributed by atoms with van der Waals surface area (Å²) >= 11 is 0. The topological polar surface area (TPSA) is 111 Å². The van der Waals surface area contributed by atoms with Crippen molar-refractivity contribution in [3.63, 3.8) is 0 Å². The van der Waals surface area contributed by atoms with E-state index in [9.17, 15) is 18.0 Å². The minimum Gasteiger partial charge on any atom is -0.497 e. The smallest absolute Gasteiger partial charge is 0.449 e. The SMILES string of the molecule is CCN(C1CCOC1)[C@H]1CCN(C(=O)Cn2c(C(F)(F)F)nc3ccc(OC)cc32)[C@H](c2ncc(-c3cc4ccccc4nc3OC)[nH]2)C1. The van der Waals surface area contributed by atoms with Crippen molar-refractivity contribution in [2.24, 2.45) is 0 Å². The molecule has 3 atom stereocenters. The molecule has 0 bridgehead atoms. The van der Waals surface area contributed by atoms with E-state index in [0.29, 0.717) is 61.3 Å². The van der Waals surface area contributed by atoms with Gasteiger partial charge in [-0.25, -0.2) is 15.0 Å². The lowest BCUT2D eigenvalue weighted by molar-refractivity contribution is -0.148. The Bertz CT molecular complexity index is 1970. The maximum absolute atomic E-state index is 14.3. The number of pyridine rings is 1. The van der Waals surface area contributed by atoms with Crippen LogP contribution in [0.2, 0.25) is 0 Å². The molecule has 5 aromatic rings. The van der Waals surface area contributed by atoms with Gasteiger partial charge in [-0.3, -0.25) is 9.69 Å². The standard InChI is InChI=1S/C35H38F3N7O4/c1-4-43(23-12-14-49-20-23)22-11-13-44(31(46)19-45-29-17-24(47-2)9-10-27(29)42-34(45)35(36,37)38)30(16-22)32-39-18-28(40-32)25-15-21-7-5-6-8-26(21)41-33(25)48-3/h5-10,15,17-18,22-23,30H,4,11-14,16,19-20H2,1-3H3,(H,39,40)/t22-,23?,30-/m0/s1. The number of rotatable bonds is 9. The van der Waals surface area contributed by atoms with Gasteiger partial charge in [0.2, 0.25) is 17.6 Å². The zero-order chi connectivity index (χ0) is 34.3. The summed E-state index contributed by atoms with van der Waals surface area (Å²) < 4.78 is 60.4. The van der Waals surface area contributed by atoms with Crippen molar-refractivity contribution in [3.8, 4) is 22.9 Å². The fraction of sp³-hybridized carbons (Fsp3) is 0.429. The highest BCUT2D eigenvalue weighted by molar-refractivity contribution is 5.85. The van der Waals surface area contributed by atoms with E-state index in [2.05, 4.69) is 26.8 Å². The van der Waals surface area contributed by atoms with Crippen molar-refractivity contribution >= 4 is 27.8 Å². The summed E-state index contributed by atoms with van der Waals surface area (Å²) in [6, 6.07) is 14.0. The summed E-state index contributed by atoms with van der Waals surface area (Å²) in [4.78, 5) is 35.0. The van der Waals surface area contributed by atoms with Crippen molar-refractivity contribution in [1.82, 2.24) is 34.3 Å². The summed E-state index contributed by atoms with van der Waals surface area (Å²) in [5.41, 5.74) is 2.44. The van der Waals surface area contributed by atoms with E-state index in [1.54, 1.807) is 24.3 Å². The van der Waals surface area contributed by atoms with Gasteiger partial charge in [0, 0.05) is 36.7 Å². The first-order valence-corrected chi connectivity index (χ1v) is 16.4. The number of amides is 1. The normalized spacial score (nSPS) is 20.1. The Hall–Kier alpha value is -4.69. The molecule has 5 heterocycles. The average molecular weight is 678 g/mol. The predicted molar refractivity (Wildman–Crippen MR) is 176 cm³/mol. The third-order valence-electron chi connectivity index (χ3n) is 9.69. The highest BCUT2D eigenvalue weighted by atomic mass is 19.4. The molecule has 3 aromatic heterocycles. The highest BCUT2D eigenvalue weighted by Crippen LogP contribution is 2.38. The minimum atomic E-state index is -4.77. The Kier molecular flexibility index (Phi) is 8.92. The summed E-state index contributed by atoms with van der Waals surface area (Å²) in [5, 5.41) is 0.922. The number of carbonyl (C=O) groups is 1. The van der Waals surface area contributed by atoms with E-state index < -0.39 is 30.5 Å². The number of carbonyl (C=O) groups excluding carboxylic acids is 1.